The average Bonchev–Trinajstić information content (AvgIpc) is 3.31. The van der Waals surface area contributed by atoms with Gasteiger partial charge in [-0.1, -0.05) is 69.3 Å². The number of aryl methyl sites for hydroxylation is 2. The molecule has 312 valence electrons. The number of carbonyl (C=O) groups excluding carboxylic acids is 1. The molecule has 0 radical (unpaired) electrons. The summed E-state index contributed by atoms with van der Waals surface area (Å²) in [4.78, 5) is 26.3. The number of nitrogens with zero attached hydrogens (tertiary/aromatic N) is 3. The van der Waals surface area contributed by atoms with Crippen LogP contribution in [0, 0.1) is 19.3 Å². The first-order valence-corrected chi connectivity index (χ1v) is 20.7. The summed E-state index contributed by atoms with van der Waals surface area (Å²) >= 11 is 0. The summed E-state index contributed by atoms with van der Waals surface area (Å²) in [5.74, 6) is -0.880. The number of aliphatic imine (C=N–C) groups is 1. The number of aromatic nitrogens is 2. The maximum atomic E-state index is 13.8. The van der Waals surface area contributed by atoms with Crippen molar-refractivity contribution >= 4 is 27.7 Å². The third kappa shape index (κ3) is 12.1. The van der Waals surface area contributed by atoms with Gasteiger partial charge in [0.15, 0.2) is 0 Å². The van der Waals surface area contributed by atoms with E-state index in [0.29, 0.717) is 30.5 Å². The van der Waals surface area contributed by atoms with Crippen molar-refractivity contribution in [1.29, 1.82) is 0 Å². The van der Waals surface area contributed by atoms with E-state index in [1.807, 2.05) is 45.0 Å². The van der Waals surface area contributed by atoms with E-state index in [9.17, 15) is 26.4 Å². The van der Waals surface area contributed by atoms with Crippen LogP contribution in [-0.4, -0.2) is 75.4 Å². The predicted octanol–water partition coefficient (Wildman–Crippen LogP) is 8.98. The summed E-state index contributed by atoms with van der Waals surface area (Å²) in [5, 5.41) is 3.38. The Morgan fingerprint density at radius 2 is 1.67 bits per heavy atom. The fraction of sp³-hybridized carbons (Fsp3) is 0.442. The van der Waals surface area contributed by atoms with Gasteiger partial charge in [0.25, 0.3) is 10.0 Å². The van der Waals surface area contributed by atoms with Crippen LogP contribution in [0.4, 0.5) is 19.1 Å². The Bertz CT molecular complexity index is 2190. The van der Waals surface area contributed by atoms with Crippen LogP contribution in [0.2, 0.25) is 0 Å². The van der Waals surface area contributed by atoms with Crippen LogP contribution in [0.1, 0.15) is 81.3 Å². The Balaban J connectivity index is 1.48. The van der Waals surface area contributed by atoms with E-state index < -0.39 is 40.5 Å². The quantitative estimate of drug-likeness (QED) is 0.145. The molecule has 1 fully saturated rings. The highest BCUT2D eigenvalue weighted by atomic mass is 32.2. The molecule has 0 spiro atoms. The molecule has 1 unspecified atom stereocenters. The van der Waals surface area contributed by atoms with E-state index in [1.54, 1.807) is 0 Å². The number of halogens is 3. The Morgan fingerprint density at radius 3 is 2.34 bits per heavy atom. The van der Waals surface area contributed by atoms with Gasteiger partial charge in [-0.3, -0.25) is 9.73 Å². The van der Waals surface area contributed by atoms with Crippen LogP contribution in [0.15, 0.2) is 94.0 Å². The smallest absolute Gasteiger partial charge is 0.546 e. The number of benzene rings is 2. The lowest BCUT2D eigenvalue weighted by Gasteiger charge is -2.29. The van der Waals surface area contributed by atoms with E-state index >= 15 is 0 Å². The third-order valence-electron chi connectivity index (χ3n) is 9.68. The predicted molar refractivity (Wildman–Crippen MR) is 220 cm³/mol. The molecule has 3 aromatic rings. The largest absolute Gasteiger partial charge is 0.551 e. The van der Waals surface area contributed by atoms with Gasteiger partial charge in [0, 0.05) is 28.2 Å². The van der Waals surface area contributed by atoms with Crippen molar-refractivity contribution in [3.63, 3.8) is 0 Å². The molecule has 15 heteroatoms. The fourth-order valence-corrected chi connectivity index (χ4v) is 7.81. The fourth-order valence-electron chi connectivity index (χ4n) is 6.82. The zero-order valence-corrected chi connectivity index (χ0v) is 35.1. The van der Waals surface area contributed by atoms with Crippen molar-refractivity contribution in [2.24, 2.45) is 10.4 Å². The standard InChI is InChI=1S/C43H53F3N5O6S/c1-27-14-11-15-28(2)39(27)35-25-38(50-41(49-35)51-58(53,54)32-18-12-17-31(24-32)40(52)57(7)8)55-26-36-37(56-43(44,45)46)21-13-20-34(48-36)33-19-10-9-16-30(29(3)47-33)22-23-42(4,5)6/h11-12,14-19,22-25,34,36-37,48H,9-10,13,20-21,26H2,1-8H3,(H,49,50,51)/q+1/b23-22?,30-16-,33-19-,47-29+/t34?,36-,37+/m0/s1. The van der Waals surface area contributed by atoms with Crippen LogP contribution >= 0.6 is 0 Å². The minimum atomic E-state index is -4.90. The van der Waals surface area contributed by atoms with Crippen molar-refractivity contribution in [1.82, 2.24) is 15.3 Å². The van der Waals surface area contributed by atoms with E-state index in [1.165, 1.54) is 44.6 Å². The molecule has 2 aliphatic heterocycles. The first-order valence-electron chi connectivity index (χ1n) is 19.2. The molecule has 0 saturated carbocycles. The first-order chi connectivity index (χ1) is 27.2. The summed E-state index contributed by atoms with van der Waals surface area (Å²) in [6, 6.07) is 11.3. The molecule has 0 aliphatic carbocycles. The number of allylic oxidation sites excluding steroid dienone is 5. The van der Waals surface area contributed by atoms with Crippen molar-refractivity contribution in [2.75, 3.05) is 25.5 Å². The SMILES string of the molecule is CC1=N\C(C2CCC[C@@H](OC(F)(F)F)[C@H](COc3cc(-c4c(C)cccc4C)nc(NS(=O)(=O)c4cccc(C(=O)[O+](C)C)c4)n3)N2)=C/CC/C=C\1C=CC(C)(C)C. The van der Waals surface area contributed by atoms with Crippen molar-refractivity contribution in [3.8, 4) is 17.1 Å². The average molecular weight is 825 g/mol. The molecule has 58 heavy (non-hydrogen) atoms. The second-order valence-electron chi connectivity index (χ2n) is 15.9. The van der Waals surface area contributed by atoms with Crippen LogP contribution in [-0.2, 0) is 19.1 Å². The number of anilines is 1. The molecule has 2 N–H and O–H groups in total. The number of sulfonamides is 1. The van der Waals surface area contributed by atoms with Gasteiger partial charge < -0.3 is 14.4 Å². The number of hydrogen-bond acceptors (Lipinski definition) is 9. The van der Waals surface area contributed by atoms with Crippen molar-refractivity contribution in [3.05, 3.63) is 101 Å². The minimum absolute atomic E-state index is 0.0291. The summed E-state index contributed by atoms with van der Waals surface area (Å²) in [5.41, 5.74) is 5.34. The third-order valence-corrected chi connectivity index (χ3v) is 11.0. The Hall–Kier alpha value is -4.86. The van der Waals surface area contributed by atoms with Gasteiger partial charge in [0.05, 0.1) is 28.4 Å². The van der Waals surface area contributed by atoms with Crippen molar-refractivity contribution < 1.29 is 40.2 Å². The zero-order chi connectivity index (χ0) is 42.4. The van der Waals surface area contributed by atoms with Gasteiger partial charge in [-0.15, -0.1) is 13.2 Å². The van der Waals surface area contributed by atoms with E-state index in [0.717, 1.165) is 34.5 Å². The second-order valence-corrected chi connectivity index (χ2v) is 17.5. The van der Waals surface area contributed by atoms with E-state index in [4.69, 9.17) is 9.73 Å². The van der Waals surface area contributed by atoms with Crippen LogP contribution in [0.5, 0.6) is 5.88 Å². The van der Waals surface area contributed by atoms with Crippen LogP contribution < -0.4 is 14.8 Å². The molecule has 11 nitrogen and oxygen atoms in total. The molecule has 5 rings (SSSR count). The molecule has 1 aromatic heterocycles. The molecule has 3 atom stereocenters. The highest BCUT2D eigenvalue weighted by molar-refractivity contribution is 7.92. The first kappa shape index (κ1) is 44.2. The summed E-state index contributed by atoms with van der Waals surface area (Å²) < 4.78 is 84.4. The lowest BCUT2D eigenvalue weighted by atomic mass is 9.94. The van der Waals surface area contributed by atoms with Gasteiger partial charge in [-0.25, -0.2) is 18.1 Å². The van der Waals surface area contributed by atoms with Crippen LogP contribution in [0.25, 0.3) is 11.3 Å². The molecule has 0 bridgehead atoms. The number of nitrogens with one attached hydrogen (secondary N) is 2. The van der Waals surface area contributed by atoms with Crippen LogP contribution in [0.3, 0.4) is 0 Å². The molecule has 0 amide bonds. The summed E-state index contributed by atoms with van der Waals surface area (Å²) in [6.45, 7) is 11.7. The Labute approximate surface area is 339 Å². The Morgan fingerprint density at radius 1 is 0.983 bits per heavy atom. The summed E-state index contributed by atoms with van der Waals surface area (Å²) in [6.07, 6.45) is 4.69. The van der Waals surface area contributed by atoms with Gasteiger partial charge in [0.1, 0.15) is 26.4 Å². The lowest BCUT2D eigenvalue weighted by Crippen LogP contribution is -2.49. The van der Waals surface area contributed by atoms with Gasteiger partial charge in [0.2, 0.25) is 11.8 Å². The highest BCUT2D eigenvalue weighted by Gasteiger charge is 2.40. The summed E-state index contributed by atoms with van der Waals surface area (Å²) in [7, 11) is -1.39. The number of carbonyl (C=O) groups is 1. The Kier molecular flexibility index (Phi) is 14.0. The molecule has 3 heterocycles. The zero-order valence-electron chi connectivity index (χ0n) is 34.2. The number of hydrogen-bond donors (Lipinski definition) is 2. The van der Waals surface area contributed by atoms with Gasteiger partial charge in [-0.05, 0) is 93.2 Å². The van der Waals surface area contributed by atoms with Gasteiger partial charge >= 0.3 is 12.3 Å². The van der Waals surface area contributed by atoms with Gasteiger partial charge in [-0.2, -0.15) is 4.98 Å². The minimum Gasteiger partial charge on any atom is -0.546 e. The number of alkyl halides is 3. The van der Waals surface area contributed by atoms with E-state index in [2.05, 4.69) is 68.1 Å². The molecular formula is C43H53F3N5O6S+. The normalized spacial score (nSPS) is 22.3. The number of rotatable bonds is 11. The maximum Gasteiger partial charge on any atom is 0.551 e. The molecule has 2 aromatic carbocycles. The van der Waals surface area contributed by atoms with E-state index in [-0.39, 0.29) is 40.7 Å². The van der Waals surface area contributed by atoms with Crippen molar-refractivity contribution in [2.45, 2.75) is 103 Å². The maximum absolute atomic E-state index is 13.8. The number of ether oxygens (including phenoxy) is 2. The molecular weight excluding hydrogens is 772 g/mol. The highest BCUT2D eigenvalue weighted by Crippen LogP contribution is 2.32. The monoisotopic (exact) mass is 824 g/mol. The lowest BCUT2D eigenvalue weighted by molar-refractivity contribution is -0.346. The topological polar surface area (TPSA) is 135 Å². The molecule has 2 aliphatic rings. The second kappa shape index (κ2) is 18.4. The molecule has 1 saturated heterocycles.